The first-order valence-corrected chi connectivity index (χ1v) is 7.49. The van der Waals surface area contributed by atoms with E-state index in [4.69, 9.17) is 0 Å². The van der Waals surface area contributed by atoms with Gasteiger partial charge < -0.3 is 15.6 Å². The first-order chi connectivity index (χ1) is 11.1. The van der Waals surface area contributed by atoms with Gasteiger partial charge in [0.15, 0.2) is 0 Å². The molecule has 0 bridgehead atoms. The Kier molecular flexibility index (Phi) is 4.28. The molecule has 3 N–H and O–H groups in total. The van der Waals surface area contributed by atoms with Crippen LogP contribution < -0.4 is 10.6 Å². The molecule has 118 valence electrons. The van der Waals surface area contributed by atoms with Gasteiger partial charge in [0, 0.05) is 29.3 Å². The number of hydrogen-bond acceptors (Lipinski definition) is 1. The van der Waals surface area contributed by atoms with Gasteiger partial charge in [0.1, 0.15) is 5.82 Å². The van der Waals surface area contributed by atoms with Crippen molar-refractivity contribution < 1.29 is 9.18 Å². The number of halogens is 1. The number of benzene rings is 2. The van der Waals surface area contributed by atoms with Gasteiger partial charge in [0.25, 0.3) is 0 Å². The third kappa shape index (κ3) is 3.69. The fraction of sp³-hybridized carbons (Fsp3) is 0.167. The first kappa shape index (κ1) is 15.1. The summed E-state index contributed by atoms with van der Waals surface area (Å²) in [6.45, 7) is 2.56. The summed E-state index contributed by atoms with van der Waals surface area (Å²) < 4.78 is 13.1. The van der Waals surface area contributed by atoms with E-state index < -0.39 is 0 Å². The highest BCUT2D eigenvalue weighted by molar-refractivity contribution is 5.89. The van der Waals surface area contributed by atoms with Crippen molar-refractivity contribution in [3.63, 3.8) is 0 Å². The number of aromatic amines is 1. The van der Waals surface area contributed by atoms with Crippen molar-refractivity contribution in [1.82, 2.24) is 10.3 Å². The average Bonchev–Trinajstić information content (AvgIpc) is 2.90. The molecule has 1 aromatic heterocycles. The Bertz CT molecular complexity index is 841. The smallest absolute Gasteiger partial charge is 0.319 e. The van der Waals surface area contributed by atoms with Crippen molar-refractivity contribution in [3.05, 3.63) is 65.6 Å². The predicted octanol–water partition coefficient (Wildman–Crippen LogP) is 3.98. The number of fused-ring (bicyclic) bond motifs is 1. The fourth-order valence-electron chi connectivity index (χ4n) is 2.55. The van der Waals surface area contributed by atoms with Crippen LogP contribution >= 0.6 is 0 Å². The van der Waals surface area contributed by atoms with Crippen LogP contribution in [0.15, 0.2) is 48.7 Å². The monoisotopic (exact) mass is 311 g/mol. The zero-order valence-electron chi connectivity index (χ0n) is 12.8. The second kappa shape index (κ2) is 6.52. The van der Waals surface area contributed by atoms with E-state index in [0.29, 0.717) is 12.2 Å². The van der Waals surface area contributed by atoms with Crippen LogP contribution in [0.25, 0.3) is 10.9 Å². The molecule has 0 saturated carbocycles. The number of carbonyl (C=O) groups excluding carboxylic acids is 1. The molecule has 23 heavy (non-hydrogen) atoms. The Morgan fingerprint density at radius 1 is 1.22 bits per heavy atom. The maximum atomic E-state index is 13.1. The van der Waals surface area contributed by atoms with Gasteiger partial charge in [-0.25, -0.2) is 9.18 Å². The number of H-pyrrole nitrogens is 1. The average molecular weight is 311 g/mol. The molecule has 0 aliphatic carbocycles. The van der Waals surface area contributed by atoms with Crippen molar-refractivity contribution in [2.24, 2.45) is 0 Å². The van der Waals surface area contributed by atoms with Crippen molar-refractivity contribution in [2.75, 3.05) is 11.9 Å². The Hall–Kier alpha value is -2.82. The summed E-state index contributed by atoms with van der Waals surface area (Å²) in [5.41, 5.74) is 3.89. The maximum absolute atomic E-state index is 13.1. The molecular weight excluding hydrogens is 293 g/mol. The van der Waals surface area contributed by atoms with Gasteiger partial charge in [-0.3, -0.25) is 0 Å². The molecule has 0 aliphatic rings. The van der Waals surface area contributed by atoms with E-state index in [-0.39, 0.29) is 11.8 Å². The number of urea groups is 1. The molecule has 5 heteroatoms. The van der Waals surface area contributed by atoms with E-state index in [1.54, 1.807) is 12.1 Å². The van der Waals surface area contributed by atoms with Crippen LogP contribution in [0.3, 0.4) is 0 Å². The number of anilines is 1. The zero-order valence-corrected chi connectivity index (χ0v) is 12.8. The Morgan fingerprint density at radius 2 is 2.09 bits per heavy atom. The van der Waals surface area contributed by atoms with Gasteiger partial charge in [-0.1, -0.05) is 17.7 Å². The number of amides is 2. The van der Waals surface area contributed by atoms with Crippen molar-refractivity contribution >= 4 is 22.6 Å². The highest BCUT2D eigenvalue weighted by atomic mass is 19.1. The first-order valence-electron chi connectivity index (χ1n) is 7.49. The van der Waals surface area contributed by atoms with E-state index in [0.717, 1.165) is 17.5 Å². The highest BCUT2D eigenvalue weighted by Crippen LogP contribution is 2.19. The third-order valence-electron chi connectivity index (χ3n) is 3.69. The summed E-state index contributed by atoms with van der Waals surface area (Å²) in [6.07, 6.45) is 2.69. The maximum Gasteiger partial charge on any atom is 0.319 e. The highest BCUT2D eigenvalue weighted by Gasteiger charge is 2.06. The quantitative estimate of drug-likeness (QED) is 0.670. The lowest BCUT2D eigenvalue weighted by Gasteiger charge is -2.07. The van der Waals surface area contributed by atoms with Gasteiger partial charge >= 0.3 is 6.03 Å². The number of rotatable bonds is 4. The predicted molar refractivity (Wildman–Crippen MR) is 90.2 cm³/mol. The molecule has 4 nitrogen and oxygen atoms in total. The molecule has 0 radical (unpaired) electrons. The molecule has 0 atom stereocenters. The minimum absolute atomic E-state index is 0.341. The number of aryl methyl sites for hydroxylation is 1. The normalized spacial score (nSPS) is 10.7. The summed E-state index contributed by atoms with van der Waals surface area (Å²) in [4.78, 5) is 15.0. The summed E-state index contributed by atoms with van der Waals surface area (Å²) in [6, 6.07) is 11.7. The van der Waals surface area contributed by atoms with Gasteiger partial charge in [-0.15, -0.1) is 0 Å². The van der Waals surface area contributed by atoms with Gasteiger partial charge in [0.05, 0.1) is 0 Å². The van der Waals surface area contributed by atoms with Crippen LogP contribution in [-0.4, -0.2) is 17.6 Å². The summed E-state index contributed by atoms with van der Waals surface area (Å²) in [5.74, 6) is -0.378. The minimum atomic E-state index is -0.378. The number of nitrogens with one attached hydrogen (secondary N) is 3. The molecule has 0 aliphatic heterocycles. The molecule has 0 saturated heterocycles. The molecule has 3 rings (SSSR count). The van der Waals surface area contributed by atoms with E-state index in [1.165, 1.54) is 23.1 Å². The van der Waals surface area contributed by atoms with E-state index in [1.807, 2.05) is 6.20 Å². The van der Waals surface area contributed by atoms with Crippen molar-refractivity contribution in [3.8, 4) is 0 Å². The summed E-state index contributed by atoms with van der Waals surface area (Å²) in [7, 11) is 0. The van der Waals surface area contributed by atoms with Crippen molar-refractivity contribution in [2.45, 2.75) is 13.3 Å². The molecule has 0 unspecified atom stereocenters. The molecule has 0 spiro atoms. The lowest BCUT2D eigenvalue weighted by atomic mass is 10.1. The SMILES string of the molecule is Cc1ccc2[nH]cc(CCNC(=O)Nc3cccc(F)c3)c2c1. The topological polar surface area (TPSA) is 56.9 Å². The lowest BCUT2D eigenvalue weighted by Crippen LogP contribution is -2.30. The van der Waals surface area contributed by atoms with Gasteiger partial charge in [-0.2, -0.15) is 0 Å². The lowest BCUT2D eigenvalue weighted by molar-refractivity contribution is 0.252. The van der Waals surface area contributed by atoms with Crippen LogP contribution in [0.4, 0.5) is 14.9 Å². The standard InChI is InChI=1S/C18H18FN3O/c1-12-5-6-17-16(9-12)13(11-21-17)7-8-20-18(23)22-15-4-2-3-14(19)10-15/h2-6,9-11,21H,7-8H2,1H3,(H2,20,22,23). The number of aromatic nitrogens is 1. The molecule has 0 fully saturated rings. The van der Waals surface area contributed by atoms with Crippen LogP contribution in [0.1, 0.15) is 11.1 Å². The van der Waals surface area contributed by atoms with Crippen LogP contribution in [-0.2, 0) is 6.42 Å². The van der Waals surface area contributed by atoms with E-state index in [2.05, 4.69) is 40.7 Å². The second-order valence-corrected chi connectivity index (χ2v) is 5.50. The Morgan fingerprint density at radius 3 is 2.91 bits per heavy atom. The van der Waals surface area contributed by atoms with Crippen LogP contribution in [0, 0.1) is 12.7 Å². The third-order valence-corrected chi connectivity index (χ3v) is 3.69. The molecule has 2 aromatic carbocycles. The molecular formula is C18H18FN3O. The van der Waals surface area contributed by atoms with Gasteiger partial charge in [0.2, 0.25) is 0 Å². The summed E-state index contributed by atoms with van der Waals surface area (Å²) in [5, 5.41) is 6.57. The minimum Gasteiger partial charge on any atom is -0.361 e. The molecule has 1 heterocycles. The molecule has 2 amide bonds. The van der Waals surface area contributed by atoms with E-state index >= 15 is 0 Å². The number of carbonyl (C=O) groups is 1. The van der Waals surface area contributed by atoms with Gasteiger partial charge in [-0.05, 0) is 49.2 Å². The zero-order chi connectivity index (χ0) is 16.2. The molecule has 3 aromatic rings. The Labute approximate surface area is 133 Å². The van der Waals surface area contributed by atoms with E-state index in [9.17, 15) is 9.18 Å². The fourth-order valence-corrected chi connectivity index (χ4v) is 2.55. The van der Waals surface area contributed by atoms with Crippen molar-refractivity contribution in [1.29, 1.82) is 0 Å². The van der Waals surface area contributed by atoms with Crippen LogP contribution in [0.5, 0.6) is 0 Å². The van der Waals surface area contributed by atoms with Crippen LogP contribution in [0.2, 0.25) is 0 Å². The largest absolute Gasteiger partial charge is 0.361 e. The Balaban J connectivity index is 1.56. The number of hydrogen-bond donors (Lipinski definition) is 3. The second-order valence-electron chi connectivity index (χ2n) is 5.50. The summed E-state index contributed by atoms with van der Waals surface area (Å²) >= 11 is 0.